The minimum absolute atomic E-state index is 0.0543. The Morgan fingerprint density at radius 3 is 2.65 bits per heavy atom. The summed E-state index contributed by atoms with van der Waals surface area (Å²) in [5.41, 5.74) is 0.567. The topological polar surface area (TPSA) is 63.2 Å². The standard InChI is InChI=1S/C18H27NO3S/c1-3-7-14(2)12-18(20)19-15-8-6-11-17(13-15)23(21,22)16-9-4-5-10-16/h6,8,11,13-14,16H,3-5,7,9-10,12H2,1-2H3,(H,19,20). The molecule has 4 nitrogen and oxygen atoms in total. The van der Waals surface area contributed by atoms with E-state index in [1.807, 2.05) is 0 Å². The maximum atomic E-state index is 12.6. The number of carbonyl (C=O) groups excluding carboxylic acids is 1. The van der Waals surface area contributed by atoms with E-state index in [4.69, 9.17) is 0 Å². The van der Waals surface area contributed by atoms with Crippen molar-refractivity contribution >= 4 is 21.4 Å². The third-order valence-electron chi connectivity index (χ3n) is 4.50. The lowest BCUT2D eigenvalue weighted by Gasteiger charge is -2.13. The third kappa shape index (κ3) is 4.80. The van der Waals surface area contributed by atoms with Crippen LogP contribution in [0.25, 0.3) is 0 Å². The van der Waals surface area contributed by atoms with Gasteiger partial charge in [-0.25, -0.2) is 8.42 Å². The molecule has 1 amide bonds. The molecule has 0 aliphatic heterocycles. The zero-order valence-electron chi connectivity index (χ0n) is 14.0. The molecule has 5 heteroatoms. The Morgan fingerprint density at radius 2 is 2.00 bits per heavy atom. The van der Waals surface area contributed by atoms with Crippen LogP contribution in [0.5, 0.6) is 0 Å². The molecule has 1 atom stereocenters. The fourth-order valence-corrected chi connectivity index (χ4v) is 5.16. The molecule has 1 saturated carbocycles. The Labute approximate surface area is 139 Å². The fourth-order valence-electron chi connectivity index (χ4n) is 3.27. The normalized spacial score (nSPS) is 17.1. The second kappa shape index (κ2) is 7.95. The van der Waals surface area contributed by atoms with Gasteiger partial charge in [0.1, 0.15) is 0 Å². The summed E-state index contributed by atoms with van der Waals surface area (Å²) >= 11 is 0. The van der Waals surface area contributed by atoms with Gasteiger partial charge in [-0.2, -0.15) is 0 Å². The molecule has 1 unspecified atom stereocenters. The van der Waals surface area contributed by atoms with Crippen LogP contribution in [0.15, 0.2) is 29.2 Å². The van der Waals surface area contributed by atoms with Crippen molar-refractivity contribution in [3.05, 3.63) is 24.3 Å². The van der Waals surface area contributed by atoms with Crippen molar-refractivity contribution in [2.45, 2.75) is 68.9 Å². The van der Waals surface area contributed by atoms with Gasteiger partial charge in [-0.15, -0.1) is 0 Å². The molecule has 0 radical (unpaired) electrons. The third-order valence-corrected chi connectivity index (χ3v) is 6.76. The predicted octanol–water partition coefficient (Wildman–Crippen LogP) is 4.17. The first-order valence-corrected chi connectivity index (χ1v) is 10.1. The average Bonchev–Trinajstić information content (AvgIpc) is 3.02. The predicted molar refractivity (Wildman–Crippen MR) is 93.2 cm³/mol. The van der Waals surface area contributed by atoms with Crippen molar-refractivity contribution in [3.8, 4) is 0 Å². The van der Waals surface area contributed by atoms with Gasteiger partial charge < -0.3 is 5.32 Å². The number of carbonyl (C=O) groups is 1. The van der Waals surface area contributed by atoms with E-state index >= 15 is 0 Å². The Kier molecular flexibility index (Phi) is 6.22. The SMILES string of the molecule is CCCC(C)CC(=O)Nc1cccc(S(=O)(=O)C2CCCC2)c1. The van der Waals surface area contributed by atoms with Crippen LogP contribution >= 0.6 is 0 Å². The summed E-state index contributed by atoms with van der Waals surface area (Å²) < 4.78 is 25.2. The summed E-state index contributed by atoms with van der Waals surface area (Å²) in [4.78, 5) is 12.4. The van der Waals surface area contributed by atoms with E-state index in [1.54, 1.807) is 24.3 Å². The number of rotatable bonds is 7. The van der Waals surface area contributed by atoms with Gasteiger partial charge in [0.15, 0.2) is 9.84 Å². The van der Waals surface area contributed by atoms with Gasteiger partial charge in [0, 0.05) is 12.1 Å². The highest BCUT2D eigenvalue weighted by Gasteiger charge is 2.30. The van der Waals surface area contributed by atoms with Crippen LogP contribution in [0.2, 0.25) is 0 Å². The van der Waals surface area contributed by atoms with Crippen LogP contribution in [-0.4, -0.2) is 19.6 Å². The summed E-state index contributed by atoms with van der Waals surface area (Å²) in [6, 6.07) is 6.67. The molecule has 128 valence electrons. The van der Waals surface area contributed by atoms with E-state index in [1.165, 1.54) is 0 Å². The molecule has 1 aliphatic carbocycles. The Balaban J connectivity index is 2.06. The summed E-state index contributed by atoms with van der Waals surface area (Å²) in [5, 5.41) is 2.57. The first kappa shape index (κ1) is 18.0. The second-order valence-electron chi connectivity index (χ2n) is 6.63. The minimum atomic E-state index is -3.28. The largest absolute Gasteiger partial charge is 0.326 e. The van der Waals surface area contributed by atoms with E-state index in [0.29, 0.717) is 22.9 Å². The monoisotopic (exact) mass is 337 g/mol. The molecule has 0 spiro atoms. The van der Waals surface area contributed by atoms with Crippen molar-refractivity contribution in [3.63, 3.8) is 0 Å². The van der Waals surface area contributed by atoms with E-state index in [9.17, 15) is 13.2 Å². The molecule has 0 aromatic heterocycles. The smallest absolute Gasteiger partial charge is 0.224 e. The maximum absolute atomic E-state index is 12.6. The van der Waals surface area contributed by atoms with Gasteiger partial charge in [0.25, 0.3) is 0 Å². The highest BCUT2D eigenvalue weighted by Crippen LogP contribution is 2.30. The number of benzene rings is 1. The van der Waals surface area contributed by atoms with Crippen LogP contribution < -0.4 is 5.32 Å². The molecule has 23 heavy (non-hydrogen) atoms. The molecule has 1 aromatic carbocycles. The molecule has 2 rings (SSSR count). The van der Waals surface area contributed by atoms with Crippen molar-refractivity contribution in [1.29, 1.82) is 0 Å². The molecule has 0 bridgehead atoms. The van der Waals surface area contributed by atoms with Crippen molar-refractivity contribution < 1.29 is 13.2 Å². The molecular formula is C18H27NO3S. The molecule has 1 fully saturated rings. The van der Waals surface area contributed by atoms with Gasteiger partial charge in [-0.3, -0.25) is 4.79 Å². The molecule has 1 N–H and O–H groups in total. The number of anilines is 1. The highest BCUT2D eigenvalue weighted by molar-refractivity contribution is 7.92. The van der Waals surface area contributed by atoms with E-state index < -0.39 is 9.84 Å². The Hall–Kier alpha value is -1.36. The van der Waals surface area contributed by atoms with Crippen LogP contribution in [0.3, 0.4) is 0 Å². The van der Waals surface area contributed by atoms with Crippen LogP contribution in [-0.2, 0) is 14.6 Å². The van der Waals surface area contributed by atoms with E-state index in [0.717, 1.165) is 38.5 Å². The van der Waals surface area contributed by atoms with Gasteiger partial charge >= 0.3 is 0 Å². The lowest BCUT2D eigenvalue weighted by molar-refractivity contribution is -0.117. The number of sulfone groups is 1. The summed E-state index contributed by atoms with van der Waals surface area (Å²) in [6.45, 7) is 4.16. The lowest BCUT2D eigenvalue weighted by Crippen LogP contribution is -2.19. The quantitative estimate of drug-likeness (QED) is 0.812. The number of nitrogens with one attached hydrogen (secondary N) is 1. The molecule has 1 aliphatic rings. The highest BCUT2D eigenvalue weighted by atomic mass is 32.2. The summed E-state index contributed by atoms with van der Waals surface area (Å²) in [7, 11) is -3.28. The second-order valence-corrected chi connectivity index (χ2v) is 8.85. The van der Waals surface area contributed by atoms with Crippen LogP contribution in [0, 0.1) is 5.92 Å². The molecule has 1 aromatic rings. The van der Waals surface area contributed by atoms with E-state index in [2.05, 4.69) is 19.2 Å². The number of hydrogen-bond donors (Lipinski definition) is 1. The number of hydrogen-bond acceptors (Lipinski definition) is 3. The zero-order valence-corrected chi connectivity index (χ0v) is 14.9. The van der Waals surface area contributed by atoms with Gasteiger partial charge in [0.05, 0.1) is 10.1 Å². The summed E-state index contributed by atoms with van der Waals surface area (Å²) in [5.74, 6) is 0.284. The van der Waals surface area contributed by atoms with Crippen molar-refractivity contribution in [2.24, 2.45) is 5.92 Å². The van der Waals surface area contributed by atoms with Gasteiger partial charge in [-0.1, -0.05) is 45.6 Å². The first-order chi connectivity index (χ1) is 10.9. The Bertz CT molecular complexity index is 633. The van der Waals surface area contributed by atoms with E-state index in [-0.39, 0.29) is 11.2 Å². The summed E-state index contributed by atoms with van der Waals surface area (Å²) in [6.07, 6.45) is 5.99. The average molecular weight is 337 g/mol. The van der Waals surface area contributed by atoms with Crippen LogP contribution in [0.1, 0.15) is 58.8 Å². The first-order valence-electron chi connectivity index (χ1n) is 8.57. The fraction of sp³-hybridized carbons (Fsp3) is 0.611. The van der Waals surface area contributed by atoms with Crippen molar-refractivity contribution in [2.75, 3.05) is 5.32 Å². The number of amides is 1. The van der Waals surface area contributed by atoms with Gasteiger partial charge in [0.2, 0.25) is 5.91 Å². The Morgan fingerprint density at radius 1 is 1.30 bits per heavy atom. The minimum Gasteiger partial charge on any atom is -0.326 e. The van der Waals surface area contributed by atoms with Crippen LogP contribution in [0.4, 0.5) is 5.69 Å². The molecule has 0 heterocycles. The zero-order chi connectivity index (χ0) is 16.9. The maximum Gasteiger partial charge on any atom is 0.224 e. The molecule has 0 saturated heterocycles. The lowest BCUT2D eigenvalue weighted by atomic mass is 10.0. The molecular weight excluding hydrogens is 310 g/mol. The van der Waals surface area contributed by atoms with Gasteiger partial charge in [-0.05, 0) is 37.0 Å². The van der Waals surface area contributed by atoms with Crippen molar-refractivity contribution in [1.82, 2.24) is 0 Å².